The third kappa shape index (κ3) is 1.96. The van der Waals surface area contributed by atoms with E-state index in [2.05, 4.69) is 15.0 Å². The van der Waals surface area contributed by atoms with Crippen molar-refractivity contribution in [2.45, 2.75) is 13.8 Å². The van der Waals surface area contributed by atoms with Crippen molar-refractivity contribution in [3.63, 3.8) is 0 Å². The second-order valence-electron chi connectivity index (χ2n) is 2.99. The normalized spacial score (nSPS) is 10.7. The molecule has 0 N–H and O–H groups in total. The van der Waals surface area contributed by atoms with Crippen molar-refractivity contribution < 1.29 is 4.42 Å². The van der Waals surface area contributed by atoms with Gasteiger partial charge < -0.3 is 4.42 Å². The van der Waals surface area contributed by atoms with E-state index in [1.807, 2.05) is 6.92 Å². The Morgan fingerprint density at radius 3 is 2.47 bits per heavy atom. The Labute approximate surface area is 96.3 Å². The van der Waals surface area contributed by atoms with Gasteiger partial charge in [-0.15, -0.1) is 0 Å². The van der Waals surface area contributed by atoms with Crippen LogP contribution >= 0.6 is 23.2 Å². The quantitative estimate of drug-likeness (QED) is 0.571. The molecule has 0 unspecified atom stereocenters. The number of rotatable bonds is 1. The van der Waals surface area contributed by atoms with Crippen LogP contribution in [0.5, 0.6) is 0 Å². The van der Waals surface area contributed by atoms with E-state index in [1.54, 1.807) is 6.92 Å². The van der Waals surface area contributed by atoms with Gasteiger partial charge in [-0.25, -0.2) is 15.0 Å². The molecule has 2 aromatic heterocycles. The Bertz CT molecular complexity index is 510. The first-order valence-corrected chi connectivity index (χ1v) is 4.96. The minimum atomic E-state index is 0.109. The SMILES string of the molecule is Cc1nc(C)c(-c2cnc(Cl)nc2Cl)o1. The Hall–Kier alpha value is -1.13. The summed E-state index contributed by atoms with van der Waals surface area (Å²) in [5.41, 5.74) is 1.35. The van der Waals surface area contributed by atoms with Crippen molar-refractivity contribution >= 4 is 23.2 Å². The maximum Gasteiger partial charge on any atom is 0.223 e. The highest BCUT2D eigenvalue weighted by atomic mass is 35.5. The summed E-state index contributed by atoms with van der Waals surface area (Å²) in [5, 5.41) is 0.367. The number of halogens is 2. The number of aryl methyl sites for hydroxylation is 2. The first-order valence-electron chi connectivity index (χ1n) is 4.20. The molecule has 0 amide bonds. The molecule has 0 saturated heterocycles. The Morgan fingerprint density at radius 2 is 1.93 bits per heavy atom. The molecule has 0 saturated carbocycles. The zero-order chi connectivity index (χ0) is 11.0. The Kier molecular flexibility index (Phi) is 2.63. The molecule has 0 atom stereocenters. The molecule has 78 valence electrons. The topological polar surface area (TPSA) is 51.8 Å². The van der Waals surface area contributed by atoms with Crippen LogP contribution in [0.25, 0.3) is 11.3 Å². The van der Waals surface area contributed by atoms with Crippen LogP contribution < -0.4 is 0 Å². The van der Waals surface area contributed by atoms with Crippen molar-refractivity contribution in [2.24, 2.45) is 0 Å². The van der Waals surface area contributed by atoms with Crippen molar-refractivity contribution in [3.8, 4) is 11.3 Å². The van der Waals surface area contributed by atoms with Crippen LogP contribution in [0, 0.1) is 13.8 Å². The molecule has 0 radical (unpaired) electrons. The number of oxazole rings is 1. The average molecular weight is 244 g/mol. The molecule has 2 rings (SSSR count). The van der Waals surface area contributed by atoms with E-state index < -0.39 is 0 Å². The summed E-state index contributed by atoms with van der Waals surface area (Å²) in [6.45, 7) is 3.60. The van der Waals surface area contributed by atoms with E-state index in [-0.39, 0.29) is 10.4 Å². The third-order valence-electron chi connectivity index (χ3n) is 1.86. The predicted molar refractivity (Wildman–Crippen MR) is 57.0 cm³/mol. The third-order valence-corrected chi connectivity index (χ3v) is 2.33. The highest BCUT2D eigenvalue weighted by Gasteiger charge is 2.14. The van der Waals surface area contributed by atoms with Crippen LogP contribution in [-0.2, 0) is 0 Å². The van der Waals surface area contributed by atoms with E-state index in [0.29, 0.717) is 17.2 Å². The van der Waals surface area contributed by atoms with Crippen LogP contribution in [-0.4, -0.2) is 15.0 Å². The largest absolute Gasteiger partial charge is 0.441 e. The lowest BCUT2D eigenvalue weighted by Crippen LogP contribution is -1.88. The van der Waals surface area contributed by atoms with Gasteiger partial charge in [0.25, 0.3) is 0 Å². The van der Waals surface area contributed by atoms with Gasteiger partial charge in [-0.05, 0) is 18.5 Å². The zero-order valence-corrected chi connectivity index (χ0v) is 9.60. The molecule has 0 aliphatic carbocycles. The van der Waals surface area contributed by atoms with Crippen LogP contribution in [0.1, 0.15) is 11.6 Å². The van der Waals surface area contributed by atoms with Gasteiger partial charge in [0.15, 0.2) is 11.7 Å². The lowest BCUT2D eigenvalue weighted by atomic mass is 10.2. The van der Waals surface area contributed by atoms with Gasteiger partial charge in [-0.1, -0.05) is 11.6 Å². The van der Waals surface area contributed by atoms with Crippen LogP contribution in [0.3, 0.4) is 0 Å². The fraction of sp³-hybridized carbons (Fsp3) is 0.222. The molecule has 6 heteroatoms. The molecule has 0 aliphatic rings. The summed E-state index contributed by atoms with van der Waals surface area (Å²) in [5.74, 6) is 1.16. The minimum Gasteiger partial charge on any atom is -0.441 e. The van der Waals surface area contributed by atoms with Gasteiger partial charge in [-0.2, -0.15) is 0 Å². The number of aromatic nitrogens is 3. The van der Waals surface area contributed by atoms with Crippen LogP contribution in [0.15, 0.2) is 10.6 Å². The van der Waals surface area contributed by atoms with E-state index >= 15 is 0 Å². The lowest BCUT2D eigenvalue weighted by Gasteiger charge is -1.99. The fourth-order valence-electron chi connectivity index (χ4n) is 1.27. The van der Waals surface area contributed by atoms with Gasteiger partial charge in [-0.3, -0.25) is 0 Å². The van der Waals surface area contributed by atoms with E-state index in [4.69, 9.17) is 27.6 Å². The van der Waals surface area contributed by atoms with Crippen LogP contribution in [0.2, 0.25) is 10.4 Å². The fourth-order valence-corrected chi connectivity index (χ4v) is 1.67. The van der Waals surface area contributed by atoms with Crippen molar-refractivity contribution in [3.05, 3.63) is 28.2 Å². The molecule has 0 aliphatic heterocycles. The molecule has 0 aromatic carbocycles. The first-order chi connectivity index (χ1) is 7.08. The highest BCUT2D eigenvalue weighted by Crippen LogP contribution is 2.29. The van der Waals surface area contributed by atoms with E-state index in [1.165, 1.54) is 6.20 Å². The van der Waals surface area contributed by atoms with Gasteiger partial charge in [0.1, 0.15) is 5.15 Å². The second kappa shape index (κ2) is 3.79. The summed E-state index contributed by atoms with van der Waals surface area (Å²) >= 11 is 11.5. The van der Waals surface area contributed by atoms with Gasteiger partial charge in [0.05, 0.1) is 11.3 Å². The molecule has 15 heavy (non-hydrogen) atoms. The number of hydrogen-bond acceptors (Lipinski definition) is 4. The average Bonchev–Trinajstić information content (AvgIpc) is 2.45. The Balaban J connectivity index is 2.59. The number of nitrogens with zero attached hydrogens (tertiary/aromatic N) is 3. The summed E-state index contributed by atoms with van der Waals surface area (Å²) in [4.78, 5) is 11.8. The number of hydrogen-bond donors (Lipinski definition) is 0. The minimum absolute atomic E-state index is 0.109. The molecule has 2 aromatic rings. The summed E-state index contributed by atoms with van der Waals surface area (Å²) in [6, 6.07) is 0. The van der Waals surface area contributed by atoms with Crippen LogP contribution in [0.4, 0.5) is 0 Å². The zero-order valence-electron chi connectivity index (χ0n) is 8.08. The summed E-state index contributed by atoms with van der Waals surface area (Å²) in [6.07, 6.45) is 1.52. The monoisotopic (exact) mass is 243 g/mol. The van der Waals surface area contributed by atoms with Crippen molar-refractivity contribution in [1.82, 2.24) is 15.0 Å². The standard InChI is InChI=1S/C9H7Cl2N3O/c1-4-7(15-5(2)13-4)6-3-12-9(11)14-8(6)10/h3H,1-2H3. The molecule has 2 heterocycles. The molecule has 0 bridgehead atoms. The summed E-state index contributed by atoms with van der Waals surface area (Å²) < 4.78 is 5.40. The van der Waals surface area contributed by atoms with Gasteiger partial charge >= 0.3 is 0 Å². The van der Waals surface area contributed by atoms with Crippen molar-refractivity contribution in [1.29, 1.82) is 0 Å². The molecule has 0 spiro atoms. The van der Waals surface area contributed by atoms with Gasteiger partial charge in [0, 0.05) is 13.1 Å². The maximum atomic E-state index is 5.92. The smallest absolute Gasteiger partial charge is 0.223 e. The van der Waals surface area contributed by atoms with E-state index in [9.17, 15) is 0 Å². The Morgan fingerprint density at radius 1 is 1.20 bits per heavy atom. The maximum absolute atomic E-state index is 5.92. The molecular weight excluding hydrogens is 237 g/mol. The van der Waals surface area contributed by atoms with Gasteiger partial charge in [0.2, 0.25) is 5.28 Å². The molecule has 0 fully saturated rings. The molecular formula is C9H7Cl2N3O. The van der Waals surface area contributed by atoms with Crippen molar-refractivity contribution in [2.75, 3.05) is 0 Å². The van der Waals surface area contributed by atoms with E-state index in [0.717, 1.165) is 5.69 Å². The lowest BCUT2D eigenvalue weighted by molar-refractivity contribution is 0.533. The predicted octanol–water partition coefficient (Wildman–Crippen LogP) is 3.06. The first kappa shape index (κ1) is 10.4. The summed E-state index contributed by atoms with van der Waals surface area (Å²) in [7, 11) is 0. The molecule has 4 nitrogen and oxygen atoms in total. The highest BCUT2D eigenvalue weighted by molar-refractivity contribution is 6.33. The second-order valence-corrected chi connectivity index (χ2v) is 3.69.